The molecule has 1 fully saturated rings. The maximum absolute atomic E-state index is 12.7. The fourth-order valence-corrected chi connectivity index (χ4v) is 5.20. The Labute approximate surface area is 172 Å². The second-order valence-corrected chi connectivity index (χ2v) is 9.96. The Kier molecular flexibility index (Phi) is 5.59. The second-order valence-electron chi connectivity index (χ2n) is 6.99. The van der Waals surface area contributed by atoms with Crippen molar-refractivity contribution in [3.63, 3.8) is 0 Å². The van der Waals surface area contributed by atoms with Gasteiger partial charge in [-0.3, -0.25) is 4.79 Å². The lowest BCUT2D eigenvalue weighted by atomic mass is 9.95. The molecule has 9 nitrogen and oxygen atoms in total. The van der Waals surface area contributed by atoms with Crippen molar-refractivity contribution in [1.82, 2.24) is 14.5 Å². The van der Waals surface area contributed by atoms with Gasteiger partial charge in [0.1, 0.15) is 19.0 Å². The highest BCUT2D eigenvalue weighted by molar-refractivity contribution is 7.92. The van der Waals surface area contributed by atoms with E-state index < -0.39 is 9.84 Å². The molecule has 1 amide bonds. The standard InChI is InChI=1S/C18H21N3O6S2/c1-29(23,24)18-17(19-20-28-18)12-3-2-6-21(10-12)16(22)11-27-13-4-5-14-15(9-13)26-8-7-25-14/h4-5,9,12H,2-3,6-8,10-11H2,1H3/t12-/m1/s1. The highest BCUT2D eigenvalue weighted by Crippen LogP contribution is 2.34. The highest BCUT2D eigenvalue weighted by atomic mass is 32.2. The summed E-state index contributed by atoms with van der Waals surface area (Å²) in [5.41, 5.74) is 0.461. The van der Waals surface area contributed by atoms with Gasteiger partial charge in [0.25, 0.3) is 5.91 Å². The lowest BCUT2D eigenvalue weighted by Gasteiger charge is -2.32. The van der Waals surface area contributed by atoms with Gasteiger partial charge in [0, 0.05) is 42.9 Å². The van der Waals surface area contributed by atoms with Gasteiger partial charge in [0.2, 0.25) is 0 Å². The van der Waals surface area contributed by atoms with Crippen molar-refractivity contribution in [2.24, 2.45) is 0 Å². The summed E-state index contributed by atoms with van der Waals surface area (Å²) in [4.78, 5) is 14.3. The topological polar surface area (TPSA) is 108 Å². The van der Waals surface area contributed by atoms with Crippen LogP contribution in [0.25, 0.3) is 0 Å². The van der Waals surface area contributed by atoms with Gasteiger partial charge < -0.3 is 19.1 Å². The van der Waals surface area contributed by atoms with E-state index in [1.807, 2.05) is 0 Å². The molecule has 1 aromatic heterocycles. The first-order valence-corrected chi connectivity index (χ1v) is 11.9. The number of piperidine rings is 1. The molecule has 0 saturated carbocycles. The molecule has 0 spiro atoms. The van der Waals surface area contributed by atoms with Gasteiger partial charge in [-0.25, -0.2) is 8.42 Å². The SMILES string of the molecule is CS(=O)(=O)c1snnc1[C@@H]1CCCN(C(=O)COc2ccc3c(c2)OCCO3)C1. The van der Waals surface area contributed by atoms with Gasteiger partial charge in [-0.15, -0.1) is 5.10 Å². The Morgan fingerprint density at radius 1 is 1.31 bits per heavy atom. The van der Waals surface area contributed by atoms with Crippen LogP contribution in [-0.2, 0) is 14.6 Å². The zero-order chi connectivity index (χ0) is 20.4. The van der Waals surface area contributed by atoms with Crippen LogP contribution in [0.15, 0.2) is 22.4 Å². The third-order valence-corrected chi connectivity index (χ3v) is 7.41. The van der Waals surface area contributed by atoms with E-state index in [0.717, 1.165) is 30.6 Å². The molecule has 2 aromatic rings. The summed E-state index contributed by atoms with van der Waals surface area (Å²) in [6.07, 6.45) is 2.68. The molecule has 29 heavy (non-hydrogen) atoms. The Balaban J connectivity index is 1.39. The molecule has 0 unspecified atom stereocenters. The van der Waals surface area contributed by atoms with Crippen LogP contribution in [0.2, 0.25) is 0 Å². The average molecular weight is 440 g/mol. The molecule has 0 N–H and O–H groups in total. The number of nitrogens with zero attached hydrogens (tertiary/aromatic N) is 3. The number of ether oxygens (including phenoxy) is 3. The number of likely N-dealkylation sites (tertiary alicyclic amines) is 1. The fraction of sp³-hybridized carbons (Fsp3) is 0.500. The number of hydrogen-bond donors (Lipinski definition) is 0. The maximum atomic E-state index is 12.7. The van der Waals surface area contributed by atoms with Gasteiger partial charge in [0.15, 0.2) is 32.2 Å². The minimum atomic E-state index is -3.39. The largest absolute Gasteiger partial charge is 0.486 e. The highest BCUT2D eigenvalue weighted by Gasteiger charge is 2.31. The van der Waals surface area contributed by atoms with Crippen LogP contribution in [-0.4, -0.2) is 68.0 Å². The van der Waals surface area contributed by atoms with Crippen molar-refractivity contribution >= 4 is 27.3 Å². The van der Waals surface area contributed by atoms with E-state index in [0.29, 0.717) is 49.2 Å². The summed E-state index contributed by atoms with van der Waals surface area (Å²) in [6.45, 7) is 1.88. The van der Waals surface area contributed by atoms with Crippen LogP contribution >= 0.6 is 11.5 Å². The van der Waals surface area contributed by atoms with Gasteiger partial charge in [-0.1, -0.05) is 4.49 Å². The molecule has 0 radical (unpaired) electrons. The molecular formula is C18H21N3O6S2. The zero-order valence-corrected chi connectivity index (χ0v) is 17.5. The second kappa shape index (κ2) is 8.15. The summed E-state index contributed by atoms with van der Waals surface area (Å²) >= 11 is 0.879. The predicted molar refractivity (Wildman–Crippen MR) is 105 cm³/mol. The van der Waals surface area contributed by atoms with Gasteiger partial charge in [-0.05, 0) is 25.0 Å². The van der Waals surface area contributed by atoms with E-state index in [-0.39, 0.29) is 22.6 Å². The summed E-state index contributed by atoms with van der Waals surface area (Å²) in [7, 11) is -3.39. The fourth-order valence-electron chi connectivity index (χ4n) is 3.47. The van der Waals surface area contributed by atoms with Crippen molar-refractivity contribution in [3.8, 4) is 17.2 Å². The Bertz CT molecular complexity index is 1010. The van der Waals surface area contributed by atoms with Crippen LogP contribution in [0.5, 0.6) is 17.2 Å². The zero-order valence-electron chi connectivity index (χ0n) is 15.9. The monoisotopic (exact) mass is 439 g/mol. The molecule has 11 heteroatoms. The van der Waals surface area contributed by atoms with Gasteiger partial charge >= 0.3 is 0 Å². The third-order valence-electron chi connectivity index (χ3n) is 4.85. The van der Waals surface area contributed by atoms with Crippen LogP contribution in [0.3, 0.4) is 0 Å². The van der Waals surface area contributed by atoms with Crippen molar-refractivity contribution in [3.05, 3.63) is 23.9 Å². The lowest BCUT2D eigenvalue weighted by molar-refractivity contribution is -0.134. The minimum Gasteiger partial charge on any atom is -0.486 e. The minimum absolute atomic E-state index is 0.111. The van der Waals surface area contributed by atoms with Gasteiger partial charge in [0.05, 0.1) is 5.69 Å². The number of sulfone groups is 1. The molecule has 0 bridgehead atoms. The normalized spacial score (nSPS) is 19.1. The van der Waals surface area contributed by atoms with Crippen molar-refractivity contribution in [2.75, 3.05) is 39.2 Å². The van der Waals surface area contributed by atoms with Crippen molar-refractivity contribution in [1.29, 1.82) is 0 Å². The number of fused-ring (bicyclic) bond motifs is 1. The molecule has 1 saturated heterocycles. The van der Waals surface area contributed by atoms with Crippen LogP contribution in [0.4, 0.5) is 0 Å². The molecule has 3 heterocycles. The molecule has 156 valence electrons. The first kappa shape index (κ1) is 19.9. The van der Waals surface area contributed by atoms with Crippen molar-refractivity contribution < 1.29 is 27.4 Å². The van der Waals surface area contributed by atoms with E-state index in [4.69, 9.17) is 14.2 Å². The van der Waals surface area contributed by atoms with E-state index in [9.17, 15) is 13.2 Å². The smallest absolute Gasteiger partial charge is 0.260 e. The maximum Gasteiger partial charge on any atom is 0.260 e. The Morgan fingerprint density at radius 3 is 2.90 bits per heavy atom. The van der Waals surface area contributed by atoms with Crippen LogP contribution in [0.1, 0.15) is 24.5 Å². The number of rotatable bonds is 5. The molecular weight excluding hydrogens is 418 g/mol. The predicted octanol–water partition coefficient (Wildman–Crippen LogP) is 1.50. The van der Waals surface area contributed by atoms with Gasteiger partial charge in [-0.2, -0.15) is 0 Å². The molecule has 1 atom stereocenters. The Hall–Kier alpha value is -2.40. The summed E-state index contributed by atoms with van der Waals surface area (Å²) in [6, 6.07) is 5.20. The molecule has 0 aliphatic carbocycles. The van der Waals surface area contributed by atoms with E-state index in [1.165, 1.54) is 0 Å². The van der Waals surface area contributed by atoms with E-state index >= 15 is 0 Å². The average Bonchev–Trinajstić information content (AvgIpc) is 3.22. The lowest BCUT2D eigenvalue weighted by Crippen LogP contribution is -2.41. The molecule has 4 rings (SSSR count). The third kappa shape index (κ3) is 4.45. The summed E-state index contributed by atoms with van der Waals surface area (Å²) in [5.74, 6) is 1.48. The number of carbonyl (C=O) groups is 1. The number of carbonyl (C=O) groups excluding carboxylic acids is 1. The van der Waals surface area contributed by atoms with E-state index in [2.05, 4.69) is 9.59 Å². The Morgan fingerprint density at radius 2 is 2.10 bits per heavy atom. The van der Waals surface area contributed by atoms with E-state index in [1.54, 1.807) is 23.1 Å². The molecule has 1 aromatic carbocycles. The van der Waals surface area contributed by atoms with Crippen LogP contribution in [0, 0.1) is 0 Å². The molecule has 2 aliphatic rings. The number of hydrogen-bond acceptors (Lipinski definition) is 9. The summed E-state index contributed by atoms with van der Waals surface area (Å²) in [5, 5.41) is 4.03. The summed E-state index contributed by atoms with van der Waals surface area (Å²) < 4.78 is 44.5. The molecule has 2 aliphatic heterocycles. The van der Waals surface area contributed by atoms with Crippen molar-refractivity contribution in [2.45, 2.75) is 23.0 Å². The number of aromatic nitrogens is 2. The first-order valence-electron chi connectivity index (χ1n) is 9.24. The van der Waals surface area contributed by atoms with Crippen LogP contribution < -0.4 is 14.2 Å². The number of benzene rings is 1. The number of amides is 1. The first-order chi connectivity index (χ1) is 13.9. The quantitative estimate of drug-likeness (QED) is 0.690.